The van der Waals surface area contributed by atoms with Gasteiger partial charge >= 0.3 is 5.97 Å². The molecule has 1 aliphatic heterocycles. The summed E-state index contributed by atoms with van der Waals surface area (Å²) in [5.41, 5.74) is 2.22. The van der Waals surface area contributed by atoms with Gasteiger partial charge in [0.25, 0.3) is 5.91 Å². The number of nitrogens with zero attached hydrogens (tertiary/aromatic N) is 4. The van der Waals surface area contributed by atoms with Gasteiger partial charge in [-0.3, -0.25) is 4.79 Å². The zero-order valence-electron chi connectivity index (χ0n) is 16.6. The summed E-state index contributed by atoms with van der Waals surface area (Å²) in [4.78, 5) is 34.8. The molecule has 0 N–H and O–H groups in total. The van der Waals surface area contributed by atoms with E-state index in [9.17, 15) is 9.59 Å². The molecule has 148 valence electrons. The summed E-state index contributed by atoms with van der Waals surface area (Å²) < 4.78 is 4.98. The number of carbonyl (C=O) groups is 2. The van der Waals surface area contributed by atoms with Crippen LogP contribution in [0.3, 0.4) is 0 Å². The Hall–Kier alpha value is -3.09. The second-order valence-corrected chi connectivity index (χ2v) is 6.85. The zero-order valence-corrected chi connectivity index (χ0v) is 16.6. The van der Waals surface area contributed by atoms with Gasteiger partial charge < -0.3 is 19.4 Å². The second-order valence-electron chi connectivity index (χ2n) is 6.85. The van der Waals surface area contributed by atoms with Crippen LogP contribution >= 0.6 is 0 Å². The molecule has 2 heterocycles. The SMILES string of the molecule is CCOC(=O)c1ccc(N2CCN(C(=O)c3ccc(N(C)C)cc3)CC2)nc1. The number of esters is 1. The largest absolute Gasteiger partial charge is 0.462 e. The third kappa shape index (κ3) is 4.42. The average molecular weight is 382 g/mol. The van der Waals surface area contributed by atoms with E-state index < -0.39 is 0 Å². The predicted molar refractivity (Wildman–Crippen MR) is 109 cm³/mol. The van der Waals surface area contributed by atoms with Crippen molar-refractivity contribution in [3.8, 4) is 0 Å². The van der Waals surface area contributed by atoms with E-state index in [-0.39, 0.29) is 11.9 Å². The Kier molecular flexibility index (Phi) is 6.13. The summed E-state index contributed by atoms with van der Waals surface area (Å²) in [7, 11) is 3.95. The van der Waals surface area contributed by atoms with Gasteiger partial charge in [0.1, 0.15) is 5.82 Å². The molecule has 0 aliphatic carbocycles. The smallest absolute Gasteiger partial charge is 0.339 e. The van der Waals surface area contributed by atoms with E-state index in [0.29, 0.717) is 43.9 Å². The van der Waals surface area contributed by atoms with Crippen molar-refractivity contribution in [3.63, 3.8) is 0 Å². The fourth-order valence-corrected chi connectivity index (χ4v) is 3.13. The monoisotopic (exact) mass is 382 g/mol. The fraction of sp³-hybridized carbons (Fsp3) is 0.381. The van der Waals surface area contributed by atoms with E-state index >= 15 is 0 Å². The predicted octanol–water partition coefficient (Wildman–Crippen LogP) is 2.29. The van der Waals surface area contributed by atoms with Gasteiger partial charge in [-0.1, -0.05) is 0 Å². The lowest BCUT2D eigenvalue weighted by atomic mass is 10.1. The van der Waals surface area contributed by atoms with E-state index in [4.69, 9.17) is 4.74 Å². The van der Waals surface area contributed by atoms with E-state index in [1.54, 1.807) is 13.0 Å². The number of aromatic nitrogens is 1. The molecule has 0 saturated carbocycles. The van der Waals surface area contributed by atoms with Crippen LogP contribution in [0.1, 0.15) is 27.6 Å². The fourth-order valence-electron chi connectivity index (χ4n) is 3.13. The van der Waals surface area contributed by atoms with E-state index in [2.05, 4.69) is 9.88 Å². The summed E-state index contributed by atoms with van der Waals surface area (Å²) >= 11 is 0. The molecule has 1 amide bonds. The minimum Gasteiger partial charge on any atom is -0.462 e. The Morgan fingerprint density at radius 2 is 1.64 bits per heavy atom. The zero-order chi connectivity index (χ0) is 20.1. The van der Waals surface area contributed by atoms with Gasteiger partial charge in [0.15, 0.2) is 0 Å². The number of benzene rings is 1. The lowest BCUT2D eigenvalue weighted by molar-refractivity contribution is 0.0525. The van der Waals surface area contributed by atoms with Gasteiger partial charge in [0.05, 0.1) is 12.2 Å². The summed E-state index contributed by atoms with van der Waals surface area (Å²) in [6.45, 7) is 4.79. The number of pyridine rings is 1. The molecule has 1 fully saturated rings. The van der Waals surface area contributed by atoms with Crippen LogP contribution in [0.5, 0.6) is 0 Å². The van der Waals surface area contributed by atoms with Crippen molar-refractivity contribution in [1.82, 2.24) is 9.88 Å². The molecule has 1 aromatic heterocycles. The van der Waals surface area contributed by atoms with Gasteiger partial charge in [-0.15, -0.1) is 0 Å². The van der Waals surface area contributed by atoms with Crippen molar-refractivity contribution in [3.05, 3.63) is 53.7 Å². The van der Waals surface area contributed by atoms with Gasteiger partial charge in [-0.2, -0.15) is 0 Å². The maximum atomic E-state index is 12.7. The highest BCUT2D eigenvalue weighted by Gasteiger charge is 2.23. The molecule has 0 unspecified atom stereocenters. The molecule has 0 bridgehead atoms. The molecule has 1 saturated heterocycles. The number of hydrogen-bond donors (Lipinski definition) is 0. The summed E-state index contributed by atoms with van der Waals surface area (Å²) in [5, 5.41) is 0. The quantitative estimate of drug-likeness (QED) is 0.740. The molecule has 3 rings (SSSR count). The Labute approximate surface area is 165 Å². The highest BCUT2D eigenvalue weighted by molar-refractivity contribution is 5.94. The first-order valence-electron chi connectivity index (χ1n) is 9.44. The molecular formula is C21H26N4O3. The van der Waals surface area contributed by atoms with Crippen LogP contribution in [0.2, 0.25) is 0 Å². The number of carbonyl (C=O) groups excluding carboxylic acids is 2. The van der Waals surface area contributed by atoms with Crippen molar-refractivity contribution in [2.24, 2.45) is 0 Å². The Balaban J connectivity index is 1.58. The molecule has 7 nitrogen and oxygen atoms in total. The van der Waals surface area contributed by atoms with Crippen molar-refractivity contribution < 1.29 is 14.3 Å². The first kappa shape index (κ1) is 19.7. The minimum atomic E-state index is -0.364. The highest BCUT2D eigenvalue weighted by Crippen LogP contribution is 2.18. The van der Waals surface area contributed by atoms with Gasteiger partial charge in [0, 0.05) is 57.7 Å². The molecule has 28 heavy (non-hydrogen) atoms. The topological polar surface area (TPSA) is 66.0 Å². The first-order valence-corrected chi connectivity index (χ1v) is 9.44. The maximum absolute atomic E-state index is 12.7. The van der Waals surface area contributed by atoms with Crippen molar-refractivity contribution >= 4 is 23.4 Å². The van der Waals surface area contributed by atoms with Crippen LogP contribution in [-0.4, -0.2) is 68.6 Å². The van der Waals surface area contributed by atoms with Crippen LogP contribution in [0.15, 0.2) is 42.6 Å². The van der Waals surface area contributed by atoms with Crippen molar-refractivity contribution in [1.29, 1.82) is 0 Å². The molecule has 0 radical (unpaired) electrons. The number of hydrogen-bond acceptors (Lipinski definition) is 6. The minimum absolute atomic E-state index is 0.0515. The normalized spacial score (nSPS) is 14.0. The number of piperazine rings is 1. The molecule has 0 spiro atoms. The molecule has 1 aromatic carbocycles. The molecule has 2 aromatic rings. The number of amides is 1. The molecule has 0 atom stereocenters. The Morgan fingerprint density at radius 1 is 1.00 bits per heavy atom. The summed E-state index contributed by atoms with van der Waals surface area (Å²) in [6, 6.07) is 11.2. The van der Waals surface area contributed by atoms with Crippen LogP contribution < -0.4 is 9.80 Å². The van der Waals surface area contributed by atoms with Gasteiger partial charge in [0.2, 0.25) is 0 Å². The third-order valence-corrected chi connectivity index (χ3v) is 4.78. The van der Waals surface area contributed by atoms with E-state index in [1.807, 2.05) is 54.2 Å². The highest BCUT2D eigenvalue weighted by atomic mass is 16.5. The lowest BCUT2D eigenvalue weighted by Gasteiger charge is -2.35. The first-order chi connectivity index (χ1) is 13.5. The van der Waals surface area contributed by atoms with Crippen LogP contribution in [0.25, 0.3) is 0 Å². The van der Waals surface area contributed by atoms with Gasteiger partial charge in [-0.25, -0.2) is 9.78 Å². The second kappa shape index (κ2) is 8.73. The number of rotatable bonds is 5. The number of anilines is 2. The van der Waals surface area contributed by atoms with E-state index in [1.165, 1.54) is 6.20 Å². The standard InChI is InChI=1S/C21H26N4O3/c1-4-28-21(27)17-7-10-19(22-15-17)24-11-13-25(14-12-24)20(26)16-5-8-18(9-6-16)23(2)3/h5-10,15H,4,11-14H2,1-3H3. The summed E-state index contributed by atoms with van der Waals surface area (Å²) in [5.74, 6) is 0.489. The Bertz CT molecular complexity index is 811. The van der Waals surface area contributed by atoms with Crippen LogP contribution in [0, 0.1) is 0 Å². The van der Waals surface area contributed by atoms with Crippen LogP contribution in [-0.2, 0) is 4.74 Å². The van der Waals surface area contributed by atoms with E-state index in [0.717, 1.165) is 11.5 Å². The van der Waals surface area contributed by atoms with Crippen molar-refractivity contribution in [2.45, 2.75) is 6.92 Å². The summed E-state index contributed by atoms with van der Waals surface area (Å²) in [6.07, 6.45) is 1.54. The van der Waals surface area contributed by atoms with Gasteiger partial charge in [-0.05, 0) is 43.3 Å². The number of ether oxygens (including phenoxy) is 1. The molecule has 1 aliphatic rings. The third-order valence-electron chi connectivity index (χ3n) is 4.78. The Morgan fingerprint density at radius 3 is 2.18 bits per heavy atom. The average Bonchev–Trinajstić information content (AvgIpc) is 2.74. The van der Waals surface area contributed by atoms with Crippen LogP contribution in [0.4, 0.5) is 11.5 Å². The molecule has 7 heteroatoms. The molecular weight excluding hydrogens is 356 g/mol. The maximum Gasteiger partial charge on any atom is 0.339 e. The lowest BCUT2D eigenvalue weighted by Crippen LogP contribution is -2.49. The van der Waals surface area contributed by atoms with Crippen molar-refractivity contribution in [2.75, 3.05) is 56.7 Å².